The molecular formula is C50H56N8O9. The van der Waals surface area contributed by atoms with Crippen LogP contribution in [-0.4, -0.2) is 107 Å². The fourth-order valence-corrected chi connectivity index (χ4v) is 8.68. The van der Waals surface area contributed by atoms with Gasteiger partial charge < -0.3 is 35.0 Å². The molecule has 0 aromatic heterocycles. The van der Waals surface area contributed by atoms with Crippen LogP contribution < -0.4 is 30.5 Å². The lowest BCUT2D eigenvalue weighted by Crippen LogP contribution is -2.52. The lowest BCUT2D eigenvalue weighted by Gasteiger charge is -2.36. The third kappa shape index (κ3) is 9.95. The molecule has 0 radical (unpaired) electrons. The van der Waals surface area contributed by atoms with Crippen molar-refractivity contribution in [3.05, 3.63) is 112 Å². The van der Waals surface area contributed by atoms with Gasteiger partial charge in [-0.25, -0.2) is 4.79 Å². The number of fused-ring (bicyclic) bond motifs is 1. The van der Waals surface area contributed by atoms with Crippen molar-refractivity contribution in [1.29, 1.82) is 0 Å². The molecule has 5 N–H and O–H groups in total. The van der Waals surface area contributed by atoms with E-state index < -0.39 is 23.9 Å². The molecule has 6 amide bonds. The van der Waals surface area contributed by atoms with Crippen molar-refractivity contribution in [2.45, 2.75) is 72.4 Å². The number of aryl methyl sites for hydroxylation is 1. The van der Waals surface area contributed by atoms with Crippen LogP contribution >= 0.6 is 0 Å². The number of hydrogen-bond donors (Lipinski definition) is 5. The molecule has 0 bridgehead atoms. The number of phenols is 2. The highest BCUT2D eigenvalue weighted by Crippen LogP contribution is 2.39. The molecule has 17 heteroatoms. The molecule has 1 unspecified atom stereocenters. The highest BCUT2D eigenvalue weighted by atomic mass is 16.6. The molecule has 0 aliphatic carbocycles. The van der Waals surface area contributed by atoms with Crippen molar-refractivity contribution in [1.82, 2.24) is 20.4 Å². The van der Waals surface area contributed by atoms with E-state index in [4.69, 9.17) is 4.74 Å². The van der Waals surface area contributed by atoms with Crippen molar-refractivity contribution in [3.8, 4) is 17.2 Å². The number of anilines is 3. The van der Waals surface area contributed by atoms with Crippen LogP contribution in [0.1, 0.15) is 95.8 Å². The molecule has 4 aromatic carbocycles. The number of hydrogen-bond acceptors (Lipinski definition) is 11. The quantitative estimate of drug-likeness (QED) is 0.0641. The van der Waals surface area contributed by atoms with Crippen molar-refractivity contribution < 1.29 is 43.7 Å². The summed E-state index contributed by atoms with van der Waals surface area (Å²) < 4.78 is 5.71. The zero-order chi connectivity index (χ0) is 48.1. The topological polar surface area (TPSA) is 214 Å². The largest absolute Gasteiger partial charge is 0.508 e. The van der Waals surface area contributed by atoms with E-state index in [0.717, 1.165) is 5.69 Å². The van der Waals surface area contributed by atoms with Crippen LogP contribution in [0.25, 0.3) is 5.70 Å². The number of aliphatic imine (C=N–C) groups is 1. The number of phenolic OH excluding ortho intramolecular Hbond substituents is 2. The smallest absolute Gasteiger partial charge is 0.417 e. The summed E-state index contributed by atoms with van der Waals surface area (Å²) in [5.74, 6) is -1.67. The van der Waals surface area contributed by atoms with Crippen molar-refractivity contribution in [2.75, 3.05) is 54.9 Å². The van der Waals surface area contributed by atoms with Gasteiger partial charge in [0, 0.05) is 98.1 Å². The van der Waals surface area contributed by atoms with E-state index in [0.29, 0.717) is 95.3 Å². The number of nitrogens with zero attached hydrogens (tertiary/aromatic N) is 5. The highest BCUT2D eigenvalue weighted by molar-refractivity contribution is 6.45. The van der Waals surface area contributed by atoms with Gasteiger partial charge >= 0.3 is 6.09 Å². The van der Waals surface area contributed by atoms with E-state index in [1.807, 2.05) is 52.8 Å². The zero-order valence-electron chi connectivity index (χ0n) is 38.5. The number of carbonyl (C=O) groups excluding carboxylic acids is 6. The second-order valence-electron chi connectivity index (χ2n) is 16.8. The number of imide groups is 1. The molecule has 4 aromatic rings. The van der Waals surface area contributed by atoms with E-state index in [-0.39, 0.29) is 60.4 Å². The average molecular weight is 913 g/mol. The predicted molar refractivity (Wildman–Crippen MR) is 255 cm³/mol. The number of ether oxygens (including phenoxy) is 1. The van der Waals surface area contributed by atoms with E-state index in [2.05, 4.69) is 25.8 Å². The Kier molecular flexibility index (Phi) is 14.3. The van der Waals surface area contributed by atoms with Crippen LogP contribution in [0.15, 0.2) is 83.9 Å². The number of allylic oxidation sites excluding steroid dienone is 1. The SMILES string of the molecule is CC/C=C(\c1cc(C(C)C)c(O)cc1O)N(C(=NC)C(=O)NCC)c1ccc(C(=O)N2CCN(c3ccc(OC(=O)Nc4cccc5c4CN(C4CCC(=O)NC4=O)C5=O)c(C)c3)CC2)cc1. The first-order valence-electron chi connectivity index (χ1n) is 22.5. The van der Waals surface area contributed by atoms with Gasteiger partial charge in [-0.3, -0.25) is 44.5 Å². The number of rotatable bonds is 11. The number of aromatic hydroxyl groups is 2. The number of amides is 6. The summed E-state index contributed by atoms with van der Waals surface area (Å²) in [5.41, 5.74) is 5.41. The molecule has 7 rings (SSSR count). The first kappa shape index (κ1) is 47.3. The van der Waals surface area contributed by atoms with Gasteiger partial charge in [-0.2, -0.15) is 0 Å². The number of piperidine rings is 1. The van der Waals surface area contributed by atoms with Crippen LogP contribution in [0.2, 0.25) is 0 Å². The predicted octanol–water partition coefficient (Wildman–Crippen LogP) is 6.29. The molecular weight excluding hydrogens is 857 g/mol. The van der Waals surface area contributed by atoms with Gasteiger partial charge in [0.2, 0.25) is 11.8 Å². The Morgan fingerprint density at radius 2 is 1.69 bits per heavy atom. The van der Waals surface area contributed by atoms with Crippen LogP contribution in [0.3, 0.4) is 0 Å². The molecule has 67 heavy (non-hydrogen) atoms. The van der Waals surface area contributed by atoms with Gasteiger partial charge in [-0.05, 0) is 104 Å². The fraction of sp³-hybridized carbons (Fsp3) is 0.340. The first-order chi connectivity index (χ1) is 32.1. The third-order valence-electron chi connectivity index (χ3n) is 12.1. The van der Waals surface area contributed by atoms with Gasteiger partial charge in [0.15, 0.2) is 5.84 Å². The van der Waals surface area contributed by atoms with E-state index in [1.54, 1.807) is 64.4 Å². The molecule has 2 saturated heterocycles. The number of carbonyl (C=O) groups is 6. The van der Waals surface area contributed by atoms with E-state index in [1.165, 1.54) is 18.0 Å². The molecule has 0 spiro atoms. The van der Waals surface area contributed by atoms with Crippen molar-refractivity contribution in [2.24, 2.45) is 4.99 Å². The summed E-state index contributed by atoms with van der Waals surface area (Å²) in [6.45, 7) is 11.9. The second kappa shape index (κ2) is 20.2. The molecule has 0 saturated carbocycles. The Morgan fingerprint density at radius 1 is 0.955 bits per heavy atom. The minimum absolute atomic E-state index is 0.0335. The normalized spacial score (nSPS) is 16.5. The highest BCUT2D eigenvalue weighted by Gasteiger charge is 2.40. The van der Waals surface area contributed by atoms with E-state index >= 15 is 0 Å². The summed E-state index contributed by atoms with van der Waals surface area (Å²) in [5, 5.41) is 29.6. The number of likely N-dealkylation sites (N-methyl/N-ethyl adjacent to an activating group) is 1. The van der Waals surface area contributed by atoms with Gasteiger partial charge in [-0.15, -0.1) is 0 Å². The first-order valence-corrected chi connectivity index (χ1v) is 22.5. The summed E-state index contributed by atoms with van der Waals surface area (Å²) in [7, 11) is 1.52. The lowest BCUT2D eigenvalue weighted by atomic mass is 9.96. The minimum atomic E-state index is -0.784. The lowest BCUT2D eigenvalue weighted by molar-refractivity contribution is -0.137. The molecule has 2 fully saturated rings. The molecule has 3 heterocycles. The van der Waals surface area contributed by atoms with Gasteiger partial charge in [0.05, 0.1) is 5.70 Å². The Morgan fingerprint density at radius 3 is 2.33 bits per heavy atom. The number of benzene rings is 4. The van der Waals surface area contributed by atoms with Gasteiger partial charge in [-0.1, -0.05) is 32.9 Å². The maximum Gasteiger partial charge on any atom is 0.417 e. The Hall–Kier alpha value is -7.69. The summed E-state index contributed by atoms with van der Waals surface area (Å²) in [4.78, 5) is 89.4. The molecule has 350 valence electrons. The van der Waals surface area contributed by atoms with Crippen LogP contribution in [0.4, 0.5) is 21.9 Å². The summed E-state index contributed by atoms with van der Waals surface area (Å²) in [6.07, 6.45) is 2.03. The average Bonchev–Trinajstić information content (AvgIpc) is 3.64. The maximum absolute atomic E-state index is 13.9. The molecule has 3 aliphatic heterocycles. The minimum Gasteiger partial charge on any atom is -0.508 e. The van der Waals surface area contributed by atoms with Crippen LogP contribution in [-0.2, 0) is 20.9 Å². The molecule has 3 aliphatic rings. The maximum atomic E-state index is 13.9. The summed E-state index contributed by atoms with van der Waals surface area (Å²) in [6, 6.07) is 19.6. The van der Waals surface area contributed by atoms with Gasteiger partial charge in [0.25, 0.3) is 17.7 Å². The standard InChI is InChI=1S/C50H56N8O9/c1-7-10-39(36-26-35(29(3)4)41(59)27-42(36)60)58(45(51-6)47(63)52-8-2)32-15-13-31(14-16-32)48(64)56-23-21-55(22-24-56)33-17-19-43(30(5)25-33)67-50(66)53-38-12-9-11-34-37(38)28-57(49(34)65)40-18-20-44(61)54-46(40)62/h9-17,19,25-27,29,40,59-60H,7-8,18,20-24,28H2,1-6H3,(H,52,63)(H,53,66)(H,54,61,62)/b39-10+,51-45?. The van der Waals surface area contributed by atoms with Crippen molar-refractivity contribution >= 4 is 64.2 Å². The number of nitrogens with one attached hydrogen (secondary N) is 3. The molecule has 1 atom stereocenters. The van der Waals surface area contributed by atoms with Crippen LogP contribution in [0.5, 0.6) is 17.2 Å². The second-order valence-corrected chi connectivity index (χ2v) is 16.8. The van der Waals surface area contributed by atoms with Crippen molar-refractivity contribution in [3.63, 3.8) is 0 Å². The van der Waals surface area contributed by atoms with E-state index in [9.17, 15) is 39.0 Å². The fourth-order valence-electron chi connectivity index (χ4n) is 8.68. The van der Waals surface area contributed by atoms with Crippen LogP contribution in [0, 0.1) is 6.92 Å². The Balaban J connectivity index is 0.999. The zero-order valence-corrected chi connectivity index (χ0v) is 38.5. The Bertz CT molecular complexity index is 2670. The summed E-state index contributed by atoms with van der Waals surface area (Å²) >= 11 is 0. The number of amidine groups is 1. The monoisotopic (exact) mass is 912 g/mol. The van der Waals surface area contributed by atoms with Gasteiger partial charge in [0.1, 0.15) is 23.3 Å². The Labute approximate surface area is 389 Å². The number of piperazine rings is 1. The molecule has 17 nitrogen and oxygen atoms in total. The third-order valence-corrected chi connectivity index (χ3v) is 12.1.